The van der Waals surface area contributed by atoms with Crippen LogP contribution < -0.4 is 5.56 Å². The van der Waals surface area contributed by atoms with Crippen molar-refractivity contribution >= 4 is 5.97 Å². The SMILES string of the molecule is CCOCCn1c(C)c(C(=O)OCC)c(C)cc1=O. The number of carbonyl (C=O) groups excluding carboxylic acids is 1. The Labute approximate surface area is 113 Å². The second kappa shape index (κ2) is 7.09. The number of rotatable bonds is 6. The van der Waals surface area contributed by atoms with Gasteiger partial charge in [-0.15, -0.1) is 0 Å². The third-order valence-corrected chi connectivity index (χ3v) is 2.91. The Bertz CT molecular complexity index is 505. The van der Waals surface area contributed by atoms with Crippen molar-refractivity contribution in [2.75, 3.05) is 19.8 Å². The molecule has 106 valence electrons. The summed E-state index contributed by atoms with van der Waals surface area (Å²) in [7, 11) is 0. The molecule has 5 heteroatoms. The predicted molar refractivity (Wildman–Crippen MR) is 72.6 cm³/mol. The van der Waals surface area contributed by atoms with Crippen LogP contribution in [0.3, 0.4) is 0 Å². The maximum atomic E-state index is 11.9. The lowest BCUT2D eigenvalue weighted by atomic mass is 10.1. The third-order valence-electron chi connectivity index (χ3n) is 2.91. The summed E-state index contributed by atoms with van der Waals surface area (Å²) in [5, 5.41) is 0. The highest BCUT2D eigenvalue weighted by molar-refractivity contribution is 5.92. The first-order valence-corrected chi connectivity index (χ1v) is 6.48. The molecule has 0 radical (unpaired) electrons. The number of pyridine rings is 1. The maximum absolute atomic E-state index is 11.9. The van der Waals surface area contributed by atoms with Crippen molar-refractivity contribution in [3.8, 4) is 0 Å². The predicted octanol–water partition coefficient (Wildman–Crippen LogP) is 1.68. The van der Waals surface area contributed by atoms with E-state index in [9.17, 15) is 9.59 Å². The van der Waals surface area contributed by atoms with Crippen LogP contribution in [0.5, 0.6) is 0 Å². The minimum atomic E-state index is -0.386. The zero-order valence-corrected chi connectivity index (χ0v) is 12.0. The Balaban J connectivity index is 3.15. The molecule has 0 aliphatic rings. The molecule has 5 nitrogen and oxygen atoms in total. The van der Waals surface area contributed by atoms with Crippen molar-refractivity contribution in [2.45, 2.75) is 34.2 Å². The summed E-state index contributed by atoms with van der Waals surface area (Å²) < 4.78 is 11.8. The van der Waals surface area contributed by atoms with Gasteiger partial charge >= 0.3 is 5.97 Å². The van der Waals surface area contributed by atoms with Crippen LogP contribution in [0.1, 0.15) is 35.5 Å². The van der Waals surface area contributed by atoms with Gasteiger partial charge in [-0.3, -0.25) is 4.79 Å². The molecule has 0 aromatic carbocycles. The first-order valence-electron chi connectivity index (χ1n) is 6.48. The molecule has 0 saturated carbocycles. The van der Waals surface area contributed by atoms with Crippen molar-refractivity contribution in [3.63, 3.8) is 0 Å². The van der Waals surface area contributed by atoms with E-state index in [1.54, 1.807) is 25.3 Å². The van der Waals surface area contributed by atoms with E-state index in [4.69, 9.17) is 9.47 Å². The highest BCUT2D eigenvalue weighted by Gasteiger charge is 2.17. The van der Waals surface area contributed by atoms with E-state index in [0.717, 1.165) is 0 Å². The van der Waals surface area contributed by atoms with E-state index in [0.29, 0.717) is 43.2 Å². The number of carbonyl (C=O) groups is 1. The normalized spacial score (nSPS) is 10.5. The lowest BCUT2D eigenvalue weighted by molar-refractivity contribution is 0.0522. The van der Waals surface area contributed by atoms with Gasteiger partial charge in [0.2, 0.25) is 0 Å². The molecule has 1 aromatic rings. The van der Waals surface area contributed by atoms with Crippen LogP contribution >= 0.6 is 0 Å². The van der Waals surface area contributed by atoms with E-state index >= 15 is 0 Å². The Hall–Kier alpha value is -1.62. The smallest absolute Gasteiger partial charge is 0.340 e. The summed E-state index contributed by atoms with van der Waals surface area (Å²) in [4.78, 5) is 23.9. The molecule has 0 saturated heterocycles. The highest BCUT2D eigenvalue weighted by Crippen LogP contribution is 2.13. The molecule has 0 atom stereocenters. The molecule has 0 N–H and O–H groups in total. The van der Waals surface area contributed by atoms with Crippen LogP contribution in [0.15, 0.2) is 10.9 Å². The Kier molecular flexibility index (Phi) is 5.76. The van der Waals surface area contributed by atoms with Crippen LogP contribution in [0.2, 0.25) is 0 Å². The maximum Gasteiger partial charge on any atom is 0.340 e. The molecule has 0 unspecified atom stereocenters. The zero-order chi connectivity index (χ0) is 14.4. The second-order valence-corrected chi connectivity index (χ2v) is 4.20. The first-order chi connectivity index (χ1) is 9.02. The average molecular weight is 267 g/mol. The number of hydrogen-bond acceptors (Lipinski definition) is 4. The van der Waals surface area contributed by atoms with E-state index in [-0.39, 0.29) is 11.5 Å². The second-order valence-electron chi connectivity index (χ2n) is 4.20. The Morgan fingerprint density at radius 3 is 2.53 bits per heavy atom. The van der Waals surface area contributed by atoms with E-state index in [1.807, 2.05) is 6.92 Å². The fraction of sp³-hybridized carbons (Fsp3) is 0.571. The van der Waals surface area contributed by atoms with Gasteiger partial charge in [-0.1, -0.05) is 0 Å². The molecule has 0 spiro atoms. The largest absolute Gasteiger partial charge is 0.462 e. The summed E-state index contributed by atoms with van der Waals surface area (Å²) >= 11 is 0. The van der Waals surface area contributed by atoms with Crippen molar-refractivity contribution < 1.29 is 14.3 Å². The molecule has 0 aliphatic heterocycles. The fourth-order valence-electron chi connectivity index (χ4n) is 2.01. The number of ether oxygens (including phenoxy) is 2. The van der Waals surface area contributed by atoms with Crippen LogP contribution in [0, 0.1) is 13.8 Å². The quantitative estimate of drug-likeness (QED) is 0.581. The summed E-state index contributed by atoms with van der Waals surface area (Å²) in [5.74, 6) is -0.386. The van der Waals surface area contributed by atoms with Gasteiger partial charge in [-0.05, 0) is 33.3 Å². The minimum Gasteiger partial charge on any atom is -0.462 e. The lowest BCUT2D eigenvalue weighted by Gasteiger charge is -2.15. The summed E-state index contributed by atoms with van der Waals surface area (Å²) in [5.41, 5.74) is 1.62. The molecule has 1 rings (SSSR count). The number of aromatic nitrogens is 1. The van der Waals surface area contributed by atoms with Crippen LogP contribution in [-0.2, 0) is 16.0 Å². The monoisotopic (exact) mass is 267 g/mol. The van der Waals surface area contributed by atoms with Crippen LogP contribution in [0.25, 0.3) is 0 Å². The van der Waals surface area contributed by atoms with E-state index < -0.39 is 0 Å². The summed E-state index contributed by atoms with van der Waals surface area (Å²) in [6.45, 7) is 8.95. The first kappa shape index (κ1) is 15.4. The van der Waals surface area contributed by atoms with E-state index in [2.05, 4.69) is 0 Å². The zero-order valence-electron chi connectivity index (χ0n) is 12.0. The summed E-state index contributed by atoms with van der Waals surface area (Å²) in [6.07, 6.45) is 0. The van der Waals surface area contributed by atoms with Crippen molar-refractivity contribution in [1.29, 1.82) is 0 Å². The molecular formula is C14H21NO4. The van der Waals surface area contributed by atoms with Crippen molar-refractivity contribution in [2.24, 2.45) is 0 Å². The van der Waals surface area contributed by atoms with Gasteiger partial charge in [-0.25, -0.2) is 4.79 Å². The molecular weight excluding hydrogens is 246 g/mol. The number of esters is 1. The third kappa shape index (κ3) is 3.67. The van der Waals surface area contributed by atoms with Gasteiger partial charge < -0.3 is 14.0 Å². The Morgan fingerprint density at radius 1 is 1.26 bits per heavy atom. The molecule has 0 bridgehead atoms. The topological polar surface area (TPSA) is 57.5 Å². The van der Waals surface area contributed by atoms with Crippen molar-refractivity contribution in [1.82, 2.24) is 4.57 Å². The van der Waals surface area contributed by atoms with Gasteiger partial charge in [0.1, 0.15) is 0 Å². The van der Waals surface area contributed by atoms with Crippen molar-refractivity contribution in [3.05, 3.63) is 33.2 Å². The highest BCUT2D eigenvalue weighted by atomic mass is 16.5. The lowest BCUT2D eigenvalue weighted by Crippen LogP contribution is -2.27. The van der Waals surface area contributed by atoms with Gasteiger partial charge in [0, 0.05) is 24.9 Å². The molecule has 0 aliphatic carbocycles. The minimum absolute atomic E-state index is 0.122. The standard InChI is InChI=1S/C14H21NO4/c1-5-18-8-7-15-11(4)13(14(17)19-6-2)10(3)9-12(15)16/h9H,5-8H2,1-4H3. The number of nitrogens with zero attached hydrogens (tertiary/aromatic N) is 1. The Morgan fingerprint density at radius 2 is 1.95 bits per heavy atom. The van der Waals surface area contributed by atoms with Gasteiger partial charge in [0.05, 0.1) is 18.8 Å². The molecule has 1 aromatic heterocycles. The van der Waals surface area contributed by atoms with Crippen LogP contribution in [-0.4, -0.2) is 30.4 Å². The fourth-order valence-corrected chi connectivity index (χ4v) is 2.01. The molecule has 1 heterocycles. The summed E-state index contributed by atoms with van der Waals surface area (Å²) in [6, 6.07) is 1.46. The number of hydrogen-bond donors (Lipinski definition) is 0. The van der Waals surface area contributed by atoms with Gasteiger partial charge in [0.15, 0.2) is 0 Å². The molecule has 19 heavy (non-hydrogen) atoms. The van der Waals surface area contributed by atoms with Gasteiger partial charge in [0.25, 0.3) is 5.56 Å². The number of aryl methyl sites for hydroxylation is 1. The van der Waals surface area contributed by atoms with Gasteiger partial charge in [-0.2, -0.15) is 0 Å². The van der Waals surface area contributed by atoms with E-state index in [1.165, 1.54) is 6.07 Å². The average Bonchev–Trinajstić information content (AvgIpc) is 2.33. The molecule has 0 amide bonds. The molecule has 0 fully saturated rings. The van der Waals surface area contributed by atoms with Crippen LogP contribution in [0.4, 0.5) is 0 Å².